The molecule has 3 nitrogen and oxygen atoms in total. The second-order valence-corrected chi connectivity index (χ2v) is 5.03. The number of aliphatic hydroxyl groups excluding tert-OH is 1. The van der Waals surface area contributed by atoms with Crippen LogP contribution in [0.4, 0.5) is 0 Å². The zero-order valence-corrected chi connectivity index (χ0v) is 10.8. The van der Waals surface area contributed by atoms with Gasteiger partial charge in [0.1, 0.15) is 11.5 Å². The summed E-state index contributed by atoms with van der Waals surface area (Å²) >= 11 is 0. The first-order chi connectivity index (χ1) is 9.11. The predicted molar refractivity (Wildman–Crippen MR) is 73.3 cm³/mol. The van der Waals surface area contributed by atoms with Gasteiger partial charge in [-0.2, -0.15) is 0 Å². The number of benzene rings is 2. The second kappa shape index (κ2) is 4.28. The predicted octanol–water partition coefficient (Wildman–Crippen LogP) is 2.66. The van der Waals surface area contributed by atoms with Crippen molar-refractivity contribution in [3.05, 3.63) is 46.5 Å². The van der Waals surface area contributed by atoms with Gasteiger partial charge in [-0.25, -0.2) is 0 Å². The van der Waals surface area contributed by atoms with Crippen molar-refractivity contribution in [1.82, 2.24) is 0 Å². The van der Waals surface area contributed by atoms with Crippen LogP contribution >= 0.6 is 0 Å². The summed E-state index contributed by atoms with van der Waals surface area (Å²) in [5.41, 5.74) is 5.89. The Kier molecular flexibility index (Phi) is 2.72. The molecular formula is C16H16O3. The van der Waals surface area contributed by atoms with E-state index in [2.05, 4.69) is 0 Å². The Bertz CT molecular complexity index is 642. The Balaban J connectivity index is 2.32. The molecule has 0 aromatic heterocycles. The van der Waals surface area contributed by atoms with Gasteiger partial charge >= 0.3 is 0 Å². The number of hydrogen-bond donors (Lipinski definition) is 3. The molecule has 0 atom stereocenters. The number of hydrogen-bond acceptors (Lipinski definition) is 3. The summed E-state index contributed by atoms with van der Waals surface area (Å²) in [4.78, 5) is 0. The number of rotatable bonds is 1. The monoisotopic (exact) mass is 256 g/mol. The molecule has 0 radical (unpaired) electrons. The molecule has 0 amide bonds. The van der Waals surface area contributed by atoms with Crippen LogP contribution in [0, 0.1) is 6.92 Å². The van der Waals surface area contributed by atoms with Gasteiger partial charge in [-0.05, 0) is 71.3 Å². The third kappa shape index (κ3) is 1.78. The summed E-state index contributed by atoms with van der Waals surface area (Å²) in [7, 11) is 0. The average Bonchev–Trinajstić information content (AvgIpc) is 2.41. The number of aliphatic hydroxyl groups is 1. The third-order valence-electron chi connectivity index (χ3n) is 3.94. The molecule has 98 valence electrons. The molecule has 0 bridgehead atoms. The molecule has 0 heterocycles. The number of aryl methyl sites for hydroxylation is 1. The molecule has 0 fully saturated rings. The highest BCUT2D eigenvalue weighted by Crippen LogP contribution is 2.41. The van der Waals surface area contributed by atoms with Gasteiger partial charge in [-0.15, -0.1) is 0 Å². The van der Waals surface area contributed by atoms with Gasteiger partial charge in [0.15, 0.2) is 0 Å². The lowest BCUT2D eigenvalue weighted by Gasteiger charge is -2.24. The molecule has 0 saturated carbocycles. The zero-order valence-electron chi connectivity index (χ0n) is 10.8. The van der Waals surface area contributed by atoms with Crippen LogP contribution in [0.5, 0.6) is 11.5 Å². The van der Waals surface area contributed by atoms with Crippen molar-refractivity contribution in [2.24, 2.45) is 0 Å². The van der Waals surface area contributed by atoms with E-state index in [0.29, 0.717) is 5.75 Å². The molecule has 2 aromatic carbocycles. The number of fused-ring (bicyclic) bond motifs is 3. The van der Waals surface area contributed by atoms with Gasteiger partial charge in [0.25, 0.3) is 0 Å². The largest absolute Gasteiger partial charge is 0.508 e. The summed E-state index contributed by atoms with van der Waals surface area (Å²) < 4.78 is 0. The summed E-state index contributed by atoms with van der Waals surface area (Å²) in [5.74, 6) is 0.508. The second-order valence-electron chi connectivity index (χ2n) is 5.03. The van der Waals surface area contributed by atoms with E-state index in [-0.39, 0.29) is 12.4 Å². The quantitative estimate of drug-likeness (QED) is 0.735. The smallest absolute Gasteiger partial charge is 0.118 e. The van der Waals surface area contributed by atoms with Gasteiger partial charge in [0.05, 0.1) is 6.61 Å². The van der Waals surface area contributed by atoms with Crippen LogP contribution in [0.15, 0.2) is 24.3 Å². The molecule has 0 aliphatic heterocycles. The minimum Gasteiger partial charge on any atom is -0.508 e. The van der Waals surface area contributed by atoms with Crippen molar-refractivity contribution >= 4 is 0 Å². The molecule has 0 unspecified atom stereocenters. The Morgan fingerprint density at radius 1 is 1.11 bits per heavy atom. The topological polar surface area (TPSA) is 60.7 Å². The van der Waals surface area contributed by atoms with Crippen LogP contribution < -0.4 is 0 Å². The van der Waals surface area contributed by atoms with Gasteiger partial charge in [-0.3, -0.25) is 0 Å². The molecular weight excluding hydrogens is 240 g/mol. The average molecular weight is 256 g/mol. The van der Waals surface area contributed by atoms with E-state index < -0.39 is 0 Å². The molecule has 3 N–H and O–H groups in total. The van der Waals surface area contributed by atoms with Gasteiger partial charge in [0.2, 0.25) is 0 Å². The minimum atomic E-state index is -0.101. The Labute approximate surface area is 111 Å². The lowest BCUT2D eigenvalue weighted by molar-refractivity contribution is 0.281. The highest BCUT2D eigenvalue weighted by atomic mass is 16.3. The maximum Gasteiger partial charge on any atom is 0.118 e. The fourth-order valence-electron chi connectivity index (χ4n) is 2.98. The lowest BCUT2D eigenvalue weighted by Crippen LogP contribution is -2.08. The van der Waals surface area contributed by atoms with E-state index in [1.165, 1.54) is 0 Å². The summed E-state index contributed by atoms with van der Waals surface area (Å²) in [6, 6.07) is 6.96. The van der Waals surface area contributed by atoms with Crippen molar-refractivity contribution in [1.29, 1.82) is 0 Å². The summed E-state index contributed by atoms with van der Waals surface area (Å²) in [6.07, 6.45) is 1.66. The standard InChI is InChI=1S/C16H16O3/c1-9-13-3-2-10-6-12(18)7-11(8-17)16(10)14(13)4-5-15(9)19/h4-7,17-19H,2-3,8H2,1H3. The Morgan fingerprint density at radius 3 is 2.63 bits per heavy atom. The number of phenolic OH excluding ortho intramolecular Hbond substituents is 2. The Morgan fingerprint density at radius 2 is 1.89 bits per heavy atom. The van der Waals surface area contributed by atoms with Gasteiger partial charge < -0.3 is 15.3 Å². The van der Waals surface area contributed by atoms with E-state index >= 15 is 0 Å². The van der Waals surface area contributed by atoms with Crippen molar-refractivity contribution in [3.8, 4) is 22.6 Å². The molecule has 1 aliphatic rings. The van der Waals surface area contributed by atoms with Crippen molar-refractivity contribution < 1.29 is 15.3 Å². The normalized spacial score (nSPS) is 12.9. The fourth-order valence-corrected chi connectivity index (χ4v) is 2.98. The SMILES string of the molecule is Cc1c(O)ccc2c1CCc1cc(O)cc(CO)c1-2. The molecule has 0 spiro atoms. The van der Waals surface area contributed by atoms with E-state index in [9.17, 15) is 15.3 Å². The maximum absolute atomic E-state index is 9.80. The maximum atomic E-state index is 9.80. The van der Waals surface area contributed by atoms with Gasteiger partial charge in [-0.1, -0.05) is 6.07 Å². The zero-order chi connectivity index (χ0) is 13.6. The molecule has 19 heavy (non-hydrogen) atoms. The number of phenols is 2. The van der Waals surface area contributed by atoms with Crippen molar-refractivity contribution in [2.75, 3.05) is 0 Å². The first kappa shape index (κ1) is 12.1. The van der Waals surface area contributed by atoms with Crippen LogP contribution in [-0.4, -0.2) is 15.3 Å². The molecule has 3 heteroatoms. The van der Waals surface area contributed by atoms with Crippen LogP contribution in [0.3, 0.4) is 0 Å². The Hall–Kier alpha value is -2.00. The fraction of sp³-hybridized carbons (Fsp3) is 0.250. The van der Waals surface area contributed by atoms with Crippen LogP contribution in [-0.2, 0) is 19.4 Å². The molecule has 2 aromatic rings. The highest BCUT2D eigenvalue weighted by Gasteiger charge is 2.22. The van der Waals surface area contributed by atoms with E-state index in [1.807, 2.05) is 13.0 Å². The van der Waals surface area contributed by atoms with E-state index in [4.69, 9.17) is 0 Å². The number of aromatic hydroxyl groups is 2. The van der Waals surface area contributed by atoms with Crippen molar-refractivity contribution in [2.45, 2.75) is 26.4 Å². The first-order valence-electron chi connectivity index (χ1n) is 6.39. The third-order valence-corrected chi connectivity index (χ3v) is 3.94. The highest BCUT2D eigenvalue weighted by molar-refractivity contribution is 5.78. The van der Waals surface area contributed by atoms with Crippen molar-refractivity contribution in [3.63, 3.8) is 0 Å². The summed E-state index contributed by atoms with van der Waals surface area (Å²) in [5, 5.41) is 29.0. The van der Waals surface area contributed by atoms with Crippen LogP contribution in [0.2, 0.25) is 0 Å². The van der Waals surface area contributed by atoms with Crippen LogP contribution in [0.1, 0.15) is 22.3 Å². The van der Waals surface area contributed by atoms with Gasteiger partial charge in [0, 0.05) is 0 Å². The molecule has 3 rings (SSSR count). The lowest BCUT2D eigenvalue weighted by atomic mass is 9.81. The van der Waals surface area contributed by atoms with E-state index in [0.717, 1.165) is 46.2 Å². The molecule has 1 aliphatic carbocycles. The molecule has 0 saturated heterocycles. The summed E-state index contributed by atoms with van der Waals surface area (Å²) in [6.45, 7) is 1.81. The minimum absolute atomic E-state index is 0.101. The van der Waals surface area contributed by atoms with Crippen LogP contribution in [0.25, 0.3) is 11.1 Å². The first-order valence-corrected chi connectivity index (χ1v) is 6.39. The van der Waals surface area contributed by atoms with E-state index in [1.54, 1.807) is 18.2 Å².